The number of nitrogens with zero attached hydrogens (tertiary/aromatic N) is 1. The molecule has 15 heavy (non-hydrogen) atoms. The van der Waals surface area contributed by atoms with Crippen LogP contribution < -0.4 is 5.73 Å². The van der Waals surface area contributed by atoms with Gasteiger partial charge in [0.1, 0.15) is 0 Å². The second kappa shape index (κ2) is 9.80. The Balaban J connectivity index is 3.80. The van der Waals surface area contributed by atoms with Gasteiger partial charge in [-0.15, -0.1) is 13.2 Å². The van der Waals surface area contributed by atoms with E-state index in [1.807, 2.05) is 0 Å². The zero-order valence-corrected chi connectivity index (χ0v) is 9.97. The molecule has 3 nitrogen and oxygen atoms in total. The molecule has 0 aliphatic heterocycles. The van der Waals surface area contributed by atoms with E-state index in [4.69, 9.17) is 5.73 Å². The first-order valence-corrected chi connectivity index (χ1v) is 6.19. The van der Waals surface area contributed by atoms with Crippen molar-refractivity contribution in [1.29, 1.82) is 0 Å². The highest BCUT2D eigenvalue weighted by molar-refractivity contribution is 7.99. The van der Waals surface area contributed by atoms with Gasteiger partial charge in [0.05, 0.1) is 5.75 Å². The molecule has 0 bridgehead atoms. The molecule has 0 aromatic heterocycles. The molecular formula is C11H20N2OS. The molecule has 86 valence electrons. The Bertz CT molecular complexity index is 197. The zero-order valence-electron chi connectivity index (χ0n) is 9.15. The number of hydrogen-bond acceptors (Lipinski definition) is 3. The molecule has 0 saturated carbocycles. The Morgan fingerprint density at radius 3 is 2.40 bits per heavy atom. The molecule has 0 aliphatic carbocycles. The average Bonchev–Trinajstić information content (AvgIpc) is 2.24. The third kappa shape index (κ3) is 7.22. The van der Waals surface area contributed by atoms with Crippen LogP contribution in [0.15, 0.2) is 25.3 Å². The lowest BCUT2D eigenvalue weighted by Crippen LogP contribution is -2.32. The number of rotatable bonds is 9. The van der Waals surface area contributed by atoms with Crippen LogP contribution in [0.2, 0.25) is 0 Å². The maximum Gasteiger partial charge on any atom is 0.233 e. The van der Waals surface area contributed by atoms with E-state index < -0.39 is 0 Å². The predicted molar refractivity (Wildman–Crippen MR) is 68.0 cm³/mol. The third-order valence-corrected chi connectivity index (χ3v) is 2.80. The molecule has 0 unspecified atom stereocenters. The fraction of sp³-hybridized carbons (Fsp3) is 0.545. The SMILES string of the molecule is C=CCN(CC=C)C(=O)CSCCCN. The van der Waals surface area contributed by atoms with Gasteiger partial charge in [-0.1, -0.05) is 12.2 Å². The van der Waals surface area contributed by atoms with Crippen molar-refractivity contribution < 1.29 is 4.79 Å². The van der Waals surface area contributed by atoms with Crippen molar-refractivity contribution in [1.82, 2.24) is 4.90 Å². The minimum Gasteiger partial charge on any atom is -0.335 e. The van der Waals surface area contributed by atoms with Crippen molar-refractivity contribution >= 4 is 17.7 Å². The smallest absolute Gasteiger partial charge is 0.233 e. The molecule has 0 aliphatic rings. The van der Waals surface area contributed by atoms with Gasteiger partial charge in [-0.05, 0) is 18.7 Å². The van der Waals surface area contributed by atoms with Crippen molar-refractivity contribution in [2.24, 2.45) is 5.73 Å². The number of carbonyl (C=O) groups is 1. The molecule has 0 aromatic carbocycles. The van der Waals surface area contributed by atoms with E-state index >= 15 is 0 Å². The molecular weight excluding hydrogens is 208 g/mol. The van der Waals surface area contributed by atoms with Crippen LogP contribution >= 0.6 is 11.8 Å². The van der Waals surface area contributed by atoms with Crippen LogP contribution in [0.25, 0.3) is 0 Å². The topological polar surface area (TPSA) is 46.3 Å². The van der Waals surface area contributed by atoms with Crippen molar-refractivity contribution in [3.05, 3.63) is 25.3 Å². The first kappa shape index (κ1) is 14.3. The lowest BCUT2D eigenvalue weighted by atomic mass is 10.4. The summed E-state index contributed by atoms with van der Waals surface area (Å²) in [6, 6.07) is 0. The van der Waals surface area contributed by atoms with Gasteiger partial charge in [0.25, 0.3) is 0 Å². The first-order chi connectivity index (χ1) is 7.26. The fourth-order valence-corrected chi connectivity index (χ4v) is 1.90. The standard InChI is InChI=1S/C11H20N2OS/c1-3-7-13(8-4-2)11(14)10-15-9-5-6-12/h3-4H,1-2,5-10,12H2. The van der Waals surface area contributed by atoms with Gasteiger partial charge < -0.3 is 10.6 Å². The van der Waals surface area contributed by atoms with Gasteiger partial charge in [0, 0.05) is 13.1 Å². The summed E-state index contributed by atoms with van der Waals surface area (Å²) >= 11 is 1.63. The molecule has 0 aromatic rings. The third-order valence-electron chi connectivity index (χ3n) is 1.77. The molecule has 0 spiro atoms. The van der Waals surface area contributed by atoms with Gasteiger partial charge in [-0.25, -0.2) is 0 Å². The Hall–Kier alpha value is -0.740. The molecule has 0 saturated heterocycles. The Morgan fingerprint density at radius 1 is 1.33 bits per heavy atom. The van der Waals surface area contributed by atoms with E-state index in [0.29, 0.717) is 25.4 Å². The number of carbonyl (C=O) groups excluding carboxylic acids is 1. The van der Waals surface area contributed by atoms with E-state index in [2.05, 4.69) is 13.2 Å². The molecule has 0 rings (SSSR count). The average molecular weight is 228 g/mol. The zero-order chi connectivity index (χ0) is 11.5. The van der Waals surface area contributed by atoms with Crippen LogP contribution in [0, 0.1) is 0 Å². The Labute approximate surface area is 96.4 Å². The molecule has 0 atom stereocenters. The van der Waals surface area contributed by atoms with Gasteiger partial charge in [-0.2, -0.15) is 11.8 Å². The predicted octanol–water partition coefficient (Wildman–Crippen LogP) is 1.27. The minimum absolute atomic E-state index is 0.136. The number of thioether (sulfide) groups is 1. The summed E-state index contributed by atoms with van der Waals surface area (Å²) in [6.45, 7) is 9.10. The van der Waals surface area contributed by atoms with Crippen LogP contribution in [0.4, 0.5) is 0 Å². The largest absolute Gasteiger partial charge is 0.335 e. The minimum atomic E-state index is 0.136. The van der Waals surface area contributed by atoms with E-state index in [9.17, 15) is 4.79 Å². The number of nitrogens with two attached hydrogens (primary N) is 1. The molecule has 1 amide bonds. The summed E-state index contributed by atoms with van der Waals surface area (Å²) in [7, 11) is 0. The lowest BCUT2D eigenvalue weighted by molar-refractivity contribution is -0.127. The summed E-state index contributed by atoms with van der Waals surface area (Å²) in [4.78, 5) is 13.4. The van der Waals surface area contributed by atoms with Crippen LogP contribution in [0.1, 0.15) is 6.42 Å². The van der Waals surface area contributed by atoms with E-state index in [-0.39, 0.29) is 5.91 Å². The Kier molecular flexibility index (Phi) is 9.32. The van der Waals surface area contributed by atoms with Crippen molar-refractivity contribution in [2.75, 3.05) is 31.1 Å². The van der Waals surface area contributed by atoms with Gasteiger partial charge in [-0.3, -0.25) is 4.79 Å². The van der Waals surface area contributed by atoms with E-state index in [1.165, 1.54) is 0 Å². The summed E-state index contributed by atoms with van der Waals surface area (Å²) in [5.74, 6) is 1.59. The Morgan fingerprint density at radius 2 is 1.93 bits per heavy atom. The quantitative estimate of drug-likeness (QED) is 0.477. The molecule has 0 radical (unpaired) electrons. The highest BCUT2D eigenvalue weighted by atomic mass is 32.2. The highest BCUT2D eigenvalue weighted by Crippen LogP contribution is 2.04. The summed E-state index contributed by atoms with van der Waals surface area (Å²) in [5, 5.41) is 0. The van der Waals surface area contributed by atoms with Crippen LogP contribution in [0.5, 0.6) is 0 Å². The molecule has 4 heteroatoms. The molecule has 0 fully saturated rings. The number of hydrogen-bond donors (Lipinski definition) is 1. The van der Waals surface area contributed by atoms with E-state index in [1.54, 1.807) is 28.8 Å². The lowest BCUT2D eigenvalue weighted by Gasteiger charge is -2.18. The van der Waals surface area contributed by atoms with Gasteiger partial charge in [0.15, 0.2) is 0 Å². The molecule has 0 heterocycles. The van der Waals surface area contributed by atoms with E-state index in [0.717, 1.165) is 12.2 Å². The first-order valence-electron chi connectivity index (χ1n) is 5.03. The normalized spacial score (nSPS) is 9.67. The van der Waals surface area contributed by atoms with Crippen molar-refractivity contribution in [2.45, 2.75) is 6.42 Å². The summed E-state index contributed by atoms with van der Waals surface area (Å²) < 4.78 is 0. The highest BCUT2D eigenvalue weighted by Gasteiger charge is 2.09. The van der Waals surface area contributed by atoms with Gasteiger partial charge >= 0.3 is 0 Å². The fourth-order valence-electron chi connectivity index (χ4n) is 1.03. The summed E-state index contributed by atoms with van der Waals surface area (Å²) in [5.41, 5.74) is 5.37. The molecule has 2 N–H and O–H groups in total. The maximum absolute atomic E-state index is 11.7. The number of amides is 1. The van der Waals surface area contributed by atoms with Crippen LogP contribution in [-0.2, 0) is 4.79 Å². The monoisotopic (exact) mass is 228 g/mol. The van der Waals surface area contributed by atoms with Crippen molar-refractivity contribution in [3.63, 3.8) is 0 Å². The van der Waals surface area contributed by atoms with Gasteiger partial charge in [0.2, 0.25) is 5.91 Å². The van der Waals surface area contributed by atoms with Crippen molar-refractivity contribution in [3.8, 4) is 0 Å². The van der Waals surface area contributed by atoms with Crippen LogP contribution in [0.3, 0.4) is 0 Å². The second-order valence-corrected chi connectivity index (χ2v) is 4.18. The maximum atomic E-state index is 11.7. The summed E-state index contributed by atoms with van der Waals surface area (Å²) in [6.07, 6.45) is 4.42. The van der Waals surface area contributed by atoms with Crippen LogP contribution in [-0.4, -0.2) is 41.9 Å². The second-order valence-electron chi connectivity index (χ2n) is 3.07.